The van der Waals surface area contributed by atoms with Gasteiger partial charge in [-0.3, -0.25) is 0 Å². The van der Waals surface area contributed by atoms with Crippen molar-refractivity contribution in [2.45, 2.75) is 46.4 Å². The van der Waals surface area contributed by atoms with Crippen molar-refractivity contribution in [2.24, 2.45) is 7.05 Å². The fourth-order valence-electron chi connectivity index (χ4n) is 2.70. The van der Waals surface area contributed by atoms with E-state index in [-0.39, 0.29) is 5.56 Å². The van der Waals surface area contributed by atoms with Gasteiger partial charge in [0.05, 0.1) is 0 Å². The van der Waals surface area contributed by atoms with Gasteiger partial charge in [0.2, 0.25) is 5.69 Å². The molecule has 0 aliphatic heterocycles. The van der Waals surface area contributed by atoms with E-state index in [9.17, 15) is 0 Å². The van der Waals surface area contributed by atoms with Gasteiger partial charge in [-0.15, -0.1) is 0 Å². The highest BCUT2D eigenvalue weighted by Gasteiger charge is 2.18. The molecule has 1 heterocycles. The van der Waals surface area contributed by atoms with E-state index in [0.29, 0.717) is 18.4 Å². The Bertz CT molecular complexity index is 731. The van der Waals surface area contributed by atoms with Crippen molar-refractivity contribution in [3.05, 3.63) is 53.2 Å². The van der Waals surface area contributed by atoms with Crippen molar-refractivity contribution >= 4 is 0 Å². The van der Waals surface area contributed by atoms with Gasteiger partial charge in [-0.25, -0.2) is 4.57 Å². The second kappa shape index (κ2) is 6.21. The van der Waals surface area contributed by atoms with Gasteiger partial charge in [0.15, 0.2) is 6.20 Å². The Morgan fingerprint density at radius 1 is 1.20 bits per heavy atom. The van der Waals surface area contributed by atoms with E-state index in [0.717, 1.165) is 16.8 Å². The van der Waals surface area contributed by atoms with Crippen LogP contribution in [0.1, 0.15) is 54.8 Å². The van der Waals surface area contributed by atoms with Crippen molar-refractivity contribution in [1.29, 1.82) is 0 Å². The maximum atomic E-state index is 8.80. The average Bonchev–Trinajstić information content (AvgIpc) is 2.54. The van der Waals surface area contributed by atoms with Crippen LogP contribution < -0.4 is 4.57 Å². The SMILES string of the molecule is [2H]C([2H])([2H])c1c[n+](C)c(-c2ccccc2C)cc1C([2H])(CC)CC. The van der Waals surface area contributed by atoms with Crippen molar-refractivity contribution in [1.82, 2.24) is 0 Å². The molecule has 0 fully saturated rings. The molecule has 0 N–H and O–H groups in total. The predicted molar refractivity (Wildman–Crippen MR) is 85.9 cm³/mol. The second-order valence-corrected chi connectivity index (χ2v) is 5.22. The van der Waals surface area contributed by atoms with Gasteiger partial charge in [-0.2, -0.15) is 0 Å². The van der Waals surface area contributed by atoms with Crippen molar-refractivity contribution in [3.63, 3.8) is 0 Å². The highest BCUT2D eigenvalue weighted by atomic mass is 14.9. The molecule has 0 atom stereocenters. The zero-order valence-corrected chi connectivity index (χ0v) is 12.8. The van der Waals surface area contributed by atoms with Crippen LogP contribution >= 0.6 is 0 Å². The number of rotatable bonds is 4. The first-order valence-corrected chi connectivity index (χ1v) is 7.24. The Hall–Kier alpha value is -1.63. The Labute approximate surface area is 128 Å². The first kappa shape index (κ1) is 10.1. The third-order valence-electron chi connectivity index (χ3n) is 3.93. The number of aromatic nitrogens is 1. The molecule has 1 nitrogen and oxygen atoms in total. The molecule has 0 spiro atoms. The maximum Gasteiger partial charge on any atom is 0.212 e. The van der Waals surface area contributed by atoms with Gasteiger partial charge in [-0.05, 0) is 49.7 Å². The lowest BCUT2D eigenvalue weighted by Crippen LogP contribution is -2.32. The molecule has 2 aromatic rings. The number of benzene rings is 1. The Morgan fingerprint density at radius 2 is 1.90 bits per heavy atom. The van der Waals surface area contributed by atoms with Gasteiger partial charge in [0.1, 0.15) is 7.05 Å². The summed E-state index contributed by atoms with van der Waals surface area (Å²) in [7, 11) is 1.87. The third kappa shape index (κ3) is 2.77. The van der Waals surface area contributed by atoms with Gasteiger partial charge in [-0.1, -0.05) is 32.0 Å². The molecule has 20 heavy (non-hydrogen) atoms. The molecular weight excluding hydrogens is 242 g/mol. The number of aryl methyl sites for hydroxylation is 3. The molecule has 0 radical (unpaired) electrons. The first-order chi connectivity index (χ1) is 11.1. The van der Waals surface area contributed by atoms with Crippen LogP contribution in [0.15, 0.2) is 36.5 Å². The molecule has 106 valence electrons. The summed E-state index contributed by atoms with van der Waals surface area (Å²) >= 11 is 0. The molecule has 0 unspecified atom stereocenters. The van der Waals surface area contributed by atoms with Gasteiger partial charge in [0.25, 0.3) is 0 Å². The number of pyridine rings is 1. The van der Waals surface area contributed by atoms with Crippen LogP contribution in [0.5, 0.6) is 0 Å². The van der Waals surface area contributed by atoms with Crippen LogP contribution in [0.25, 0.3) is 11.3 Å². The number of hydrogen-bond acceptors (Lipinski definition) is 0. The summed E-state index contributed by atoms with van der Waals surface area (Å²) in [4.78, 5) is 0. The summed E-state index contributed by atoms with van der Waals surface area (Å²) in [5.74, 6) is -0.893. The second-order valence-electron chi connectivity index (χ2n) is 5.22. The molecule has 2 rings (SSSR count). The molecule has 0 saturated heterocycles. The van der Waals surface area contributed by atoms with E-state index in [2.05, 4.69) is 0 Å². The zero-order valence-electron chi connectivity index (χ0n) is 16.8. The van der Waals surface area contributed by atoms with Crippen molar-refractivity contribution in [2.75, 3.05) is 0 Å². The average molecular weight is 272 g/mol. The minimum Gasteiger partial charge on any atom is -0.201 e. The molecule has 1 aromatic carbocycles. The fourth-order valence-corrected chi connectivity index (χ4v) is 2.70. The zero-order chi connectivity index (χ0) is 18.1. The van der Waals surface area contributed by atoms with Crippen molar-refractivity contribution in [3.8, 4) is 11.3 Å². The van der Waals surface area contributed by atoms with E-state index < -0.39 is 12.7 Å². The van der Waals surface area contributed by atoms with Crippen LogP contribution in [-0.4, -0.2) is 0 Å². The standard InChI is InChI=1S/C19H26N/c1-6-16(7-2)18-12-19(20(5)13-15(18)4)17-11-9-8-10-14(17)3/h8-13,16H,6-7H2,1-5H3/q+1/i4D3,16D. The molecule has 1 heteroatoms. The Morgan fingerprint density at radius 3 is 2.50 bits per heavy atom. The first-order valence-electron chi connectivity index (χ1n) is 9.24. The summed E-state index contributed by atoms with van der Waals surface area (Å²) in [6, 6.07) is 9.95. The summed E-state index contributed by atoms with van der Waals surface area (Å²) < 4.78 is 34.3. The lowest BCUT2D eigenvalue weighted by Gasteiger charge is -2.16. The minimum atomic E-state index is -2.23. The molecular formula is C19H26N+. The molecule has 0 bridgehead atoms. The van der Waals surface area contributed by atoms with Gasteiger partial charge >= 0.3 is 0 Å². The molecule has 0 aliphatic carbocycles. The summed E-state index contributed by atoms with van der Waals surface area (Å²) in [5, 5.41) is 0. The van der Waals surface area contributed by atoms with E-state index in [1.54, 1.807) is 6.20 Å². The fraction of sp³-hybridized carbons (Fsp3) is 0.421. The van der Waals surface area contributed by atoms with Crippen LogP contribution in [0.4, 0.5) is 0 Å². The van der Waals surface area contributed by atoms with E-state index in [1.807, 2.05) is 62.7 Å². The molecule has 0 aliphatic rings. The highest BCUT2D eigenvalue weighted by Crippen LogP contribution is 2.29. The topological polar surface area (TPSA) is 3.88 Å². The van der Waals surface area contributed by atoms with Crippen LogP contribution in [0, 0.1) is 13.8 Å². The minimum absolute atomic E-state index is 0.279. The van der Waals surface area contributed by atoms with E-state index in [4.69, 9.17) is 5.48 Å². The summed E-state index contributed by atoms with van der Waals surface area (Å²) in [6.45, 7) is 3.70. The Kier molecular flexibility index (Phi) is 3.15. The van der Waals surface area contributed by atoms with Crippen LogP contribution in [0.2, 0.25) is 0 Å². The summed E-state index contributed by atoms with van der Waals surface area (Å²) in [5.41, 5.74) is 4.02. The summed E-state index contributed by atoms with van der Waals surface area (Å²) in [6.07, 6.45) is 2.83. The monoisotopic (exact) mass is 272 g/mol. The number of hydrogen-bond donors (Lipinski definition) is 0. The van der Waals surface area contributed by atoms with E-state index >= 15 is 0 Å². The van der Waals surface area contributed by atoms with Crippen LogP contribution in [-0.2, 0) is 7.05 Å². The highest BCUT2D eigenvalue weighted by molar-refractivity contribution is 5.61. The van der Waals surface area contributed by atoms with Crippen molar-refractivity contribution < 1.29 is 10.1 Å². The molecule has 0 saturated carbocycles. The van der Waals surface area contributed by atoms with Gasteiger partial charge in [0, 0.05) is 22.7 Å². The third-order valence-corrected chi connectivity index (χ3v) is 3.93. The van der Waals surface area contributed by atoms with Crippen LogP contribution in [0.3, 0.4) is 0 Å². The smallest absolute Gasteiger partial charge is 0.201 e. The largest absolute Gasteiger partial charge is 0.212 e. The lowest BCUT2D eigenvalue weighted by molar-refractivity contribution is -0.660. The lowest BCUT2D eigenvalue weighted by atomic mass is 9.90. The maximum absolute atomic E-state index is 8.80. The quantitative estimate of drug-likeness (QED) is 0.710. The van der Waals surface area contributed by atoms with Gasteiger partial charge < -0.3 is 0 Å². The normalized spacial score (nSPS) is 15.2. The van der Waals surface area contributed by atoms with E-state index in [1.165, 1.54) is 0 Å². The predicted octanol–water partition coefficient (Wildman–Crippen LogP) is 4.70. The molecule has 1 aromatic heterocycles. The number of nitrogens with zero attached hydrogens (tertiary/aromatic N) is 1. The Balaban J connectivity index is 2.81. The molecule has 0 amide bonds.